The first-order valence-corrected chi connectivity index (χ1v) is 7.88. The van der Waals surface area contributed by atoms with Gasteiger partial charge in [0.2, 0.25) is 0 Å². The Morgan fingerprint density at radius 3 is 2.75 bits per heavy atom. The molecule has 104 valence electrons. The third-order valence-electron chi connectivity index (χ3n) is 2.76. The predicted octanol–water partition coefficient (Wildman–Crippen LogP) is 3.34. The van der Waals surface area contributed by atoms with E-state index in [1.165, 1.54) is 11.2 Å². The fourth-order valence-corrected chi connectivity index (χ4v) is 3.84. The molecular formula is C13H15N5S2. The van der Waals surface area contributed by atoms with Gasteiger partial charge in [-0.2, -0.15) is 14.6 Å². The zero-order valence-electron chi connectivity index (χ0n) is 11.8. The summed E-state index contributed by atoms with van der Waals surface area (Å²) in [7, 11) is 0. The van der Waals surface area contributed by atoms with Crippen molar-refractivity contribution in [2.24, 2.45) is 0 Å². The molecule has 0 aromatic carbocycles. The van der Waals surface area contributed by atoms with Crippen LogP contribution in [-0.2, 0) is 5.41 Å². The normalized spacial score (nSPS) is 12.2. The van der Waals surface area contributed by atoms with E-state index in [1.807, 2.05) is 19.2 Å². The minimum absolute atomic E-state index is 0.132. The smallest absolute Gasteiger partial charge is 0.237 e. The molecule has 0 saturated heterocycles. The second-order valence-electron chi connectivity index (χ2n) is 5.55. The van der Waals surface area contributed by atoms with E-state index in [9.17, 15) is 0 Å². The molecular weight excluding hydrogens is 290 g/mol. The first-order valence-electron chi connectivity index (χ1n) is 6.25. The number of thiazole rings is 1. The van der Waals surface area contributed by atoms with Crippen molar-refractivity contribution in [3.8, 4) is 0 Å². The Morgan fingerprint density at radius 2 is 2.05 bits per heavy atom. The van der Waals surface area contributed by atoms with Gasteiger partial charge in [-0.05, 0) is 30.2 Å². The number of fused-ring (bicyclic) bond motifs is 1. The van der Waals surface area contributed by atoms with Gasteiger partial charge < -0.3 is 0 Å². The molecule has 0 unspecified atom stereocenters. The fourth-order valence-electron chi connectivity index (χ4n) is 1.71. The maximum absolute atomic E-state index is 4.50. The summed E-state index contributed by atoms with van der Waals surface area (Å²) in [6.07, 6.45) is 3.48. The number of aromatic nitrogens is 5. The Morgan fingerprint density at radius 1 is 1.25 bits per heavy atom. The molecule has 3 aromatic heterocycles. The molecule has 0 radical (unpaired) electrons. The second kappa shape index (κ2) is 4.82. The zero-order valence-corrected chi connectivity index (χ0v) is 13.4. The maximum Gasteiger partial charge on any atom is 0.253 e. The summed E-state index contributed by atoms with van der Waals surface area (Å²) in [4.78, 5) is 14.3. The van der Waals surface area contributed by atoms with Gasteiger partial charge in [-0.25, -0.2) is 9.97 Å². The van der Waals surface area contributed by atoms with Crippen LogP contribution in [0.2, 0.25) is 0 Å². The van der Waals surface area contributed by atoms with Gasteiger partial charge in [-0.15, -0.1) is 11.3 Å². The summed E-state index contributed by atoms with van der Waals surface area (Å²) in [5.41, 5.74) is 1.06. The average molecular weight is 305 g/mol. The molecule has 3 rings (SSSR count). The molecule has 5 nitrogen and oxygen atoms in total. The monoisotopic (exact) mass is 305 g/mol. The third kappa shape index (κ3) is 2.55. The van der Waals surface area contributed by atoms with Crippen molar-refractivity contribution in [2.45, 2.75) is 42.5 Å². The lowest BCUT2D eigenvalue weighted by Crippen LogP contribution is -2.07. The van der Waals surface area contributed by atoms with Crippen LogP contribution >= 0.6 is 23.1 Å². The van der Waals surface area contributed by atoms with E-state index in [-0.39, 0.29) is 5.41 Å². The molecule has 3 heterocycles. The SMILES string of the molecule is Cc1cc(Sc2ncc(C(C)(C)C)s2)n2ncnc2n1. The number of hydrogen-bond donors (Lipinski definition) is 0. The van der Waals surface area contributed by atoms with E-state index in [2.05, 4.69) is 40.8 Å². The van der Waals surface area contributed by atoms with E-state index in [1.54, 1.807) is 27.6 Å². The van der Waals surface area contributed by atoms with Gasteiger partial charge in [-0.3, -0.25) is 0 Å². The van der Waals surface area contributed by atoms with Crippen LogP contribution in [0.1, 0.15) is 31.3 Å². The van der Waals surface area contributed by atoms with Crippen LogP contribution in [0.15, 0.2) is 28.0 Å². The minimum atomic E-state index is 0.132. The van der Waals surface area contributed by atoms with Crippen LogP contribution in [0.3, 0.4) is 0 Å². The number of aryl methyl sites for hydroxylation is 1. The molecule has 20 heavy (non-hydrogen) atoms. The molecule has 0 aliphatic rings. The van der Waals surface area contributed by atoms with Gasteiger partial charge in [0.15, 0.2) is 4.34 Å². The van der Waals surface area contributed by atoms with Crippen molar-refractivity contribution < 1.29 is 0 Å². The molecule has 0 aliphatic carbocycles. The lowest BCUT2D eigenvalue weighted by atomic mass is 9.96. The summed E-state index contributed by atoms with van der Waals surface area (Å²) < 4.78 is 2.76. The average Bonchev–Trinajstić information content (AvgIpc) is 2.95. The van der Waals surface area contributed by atoms with Gasteiger partial charge in [0.05, 0.1) is 0 Å². The minimum Gasteiger partial charge on any atom is -0.237 e. The predicted molar refractivity (Wildman–Crippen MR) is 80.5 cm³/mol. The standard InChI is InChI=1S/C13H15N5S2/c1-8-5-10(18-11(17-8)15-7-16-18)20-12-14-6-9(19-12)13(2,3)4/h5-7H,1-4H3. The van der Waals surface area contributed by atoms with Crippen molar-refractivity contribution in [3.05, 3.63) is 29.2 Å². The molecule has 3 aromatic rings. The fraction of sp³-hybridized carbons (Fsp3) is 0.385. The van der Waals surface area contributed by atoms with Crippen LogP contribution in [0.25, 0.3) is 5.78 Å². The van der Waals surface area contributed by atoms with E-state index >= 15 is 0 Å². The Bertz CT molecular complexity index is 754. The highest BCUT2D eigenvalue weighted by molar-refractivity contribution is 8.01. The topological polar surface area (TPSA) is 56.0 Å². The summed E-state index contributed by atoms with van der Waals surface area (Å²) >= 11 is 3.32. The van der Waals surface area contributed by atoms with E-state index < -0.39 is 0 Å². The van der Waals surface area contributed by atoms with Crippen molar-refractivity contribution in [1.29, 1.82) is 0 Å². The molecule has 0 fully saturated rings. The Hall–Kier alpha value is -1.47. The molecule has 0 saturated carbocycles. The second-order valence-corrected chi connectivity index (χ2v) is 7.85. The molecule has 0 amide bonds. The van der Waals surface area contributed by atoms with Crippen molar-refractivity contribution in [1.82, 2.24) is 24.6 Å². The summed E-state index contributed by atoms with van der Waals surface area (Å²) in [5.74, 6) is 0.625. The maximum atomic E-state index is 4.50. The lowest BCUT2D eigenvalue weighted by Gasteiger charge is -2.14. The van der Waals surface area contributed by atoms with Gasteiger partial charge in [0.25, 0.3) is 5.78 Å². The van der Waals surface area contributed by atoms with Crippen molar-refractivity contribution in [2.75, 3.05) is 0 Å². The van der Waals surface area contributed by atoms with Crippen LogP contribution in [0, 0.1) is 6.92 Å². The van der Waals surface area contributed by atoms with Crippen molar-refractivity contribution >= 4 is 28.9 Å². The van der Waals surface area contributed by atoms with E-state index in [0.717, 1.165) is 15.1 Å². The van der Waals surface area contributed by atoms with Crippen LogP contribution < -0.4 is 0 Å². The number of hydrogen-bond acceptors (Lipinski definition) is 6. The highest BCUT2D eigenvalue weighted by atomic mass is 32.2. The zero-order chi connectivity index (χ0) is 14.3. The quantitative estimate of drug-likeness (QED) is 0.680. The number of nitrogens with zero attached hydrogens (tertiary/aromatic N) is 5. The van der Waals surface area contributed by atoms with Gasteiger partial charge in [0.1, 0.15) is 11.4 Å². The molecule has 7 heteroatoms. The Labute approximate surface area is 125 Å². The third-order valence-corrected chi connectivity index (χ3v) is 5.26. The van der Waals surface area contributed by atoms with Gasteiger partial charge in [-0.1, -0.05) is 20.8 Å². The van der Waals surface area contributed by atoms with Gasteiger partial charge in [0, 0.05) is 16.8 Å². The Kier molecular flexibility index (Phi) is 3.25. The van der Waals surface area contributed by atoms with Crippen LogP contribution in [0.4, 0.5) is 0 Å². The largest absolute Gasteiger partial charge is 0.253 e. The molecule has 0 atom stereocenters. The lowest BCUT2D eigenvalue weighted by molar-refractivity contribution is 0.602. The summed E-state index contributed by atoms with van der Waals surface area (Å²) in [6, 6.07) is 2.00. The summed E-state index contributed by atoms with van der Waals surface area (Å²) in [6.45, 7) is 8.55. The van der Waals surface area contributed by atoms with E-state index in [0.29, 0.717) is 5.78 Å². The van der Waals surface area contributed by atoms with Crippen molar-refractivity contribution in [3.63, 3.8) is 0 Å². The first kappa shape index (κ1) is 13.5. The highest BCUT2D eigenvalue weighted by Gasteiger charge is 2.18. The molecule has 0 aliphatic heterocycles. The van der Waals surface area contributed by atoms with E-state index in [4.69, 9.17) is 0 Å². The summed E-state index contributed by atoms with van der Waals surface area (Å²) in [5, 5.41) is 5.20. The van der Waals surface area contributed by atoms with Crippen LogP contribution in [-0.4, -0.2) is 24.6 Å². The molecule has 0 N–H and O–H groups in total. The molecule has 0 bridgehead atoms. The first-order chi connectivity index (χ1) is 9.43. The Balaban J connectivity index is 1.97. The molecule has 0 spiro atoms. The van der Waals surface area contributed by atoms with Crippen LogP contribution in [0.5, 0.6) is 0 Å². The van der Waals surface area contributed by atoms with Gasteiger partial charge >= 0.3 is 0 Å². The number of rotatable bonds is 2. The highest BCUT2D eigenvalue weighted by Crippen LogP contribution is 2.35.